The van der Waals surface area contributed by atoms with Gasteiger partial charge in [0, 0.05) is 6.04 Å². The molecule has 0 saturated heterocycles. The number of hydrogen-bond acceptors (Lipinski definition) is 5. The van der Waals surface area contributed by atoms with Crippen LogP contribution in [0.25, 0.3) is 0 Å². The second-order valence-corrected chi connectivity index (χ2v) is 6.47. The highest BCUT2D eigenvalue weighted by Crippen LogP contribution is 2.15. The van der Waals surface area contributed by atoms with Gasteiger partial charge in [-0.1, -0.05) is 0 Å². The average Bonchev–Trinajstić information content (AvgIpc) is 2.61. The van der Waals surface area contributed by atoms with Gasteiger partial charge in [0.1, 0.15) is 10.9 Å². The number of nitrogens with zero attached hydrogens (tertiary/aromatic N) is 1. The number of carboxylic acid groups (broad SMARTS) is 1. The Morgan fingerprint density at radius 2 is 2.33 bits per heavy atom. The Morgan fingerprint density at radius 1 is 1.67 bits per heavy atom. The zero-order valence-electron chi connectivity index (χ0n) is 9.58. The van der Waals surface area contributed by atoms with Crippen LogP contribution in [0, 0.1) is 11.3 Å². The van der Waals surface area contributed by atoms with Gasteiger partial charge < -0.3 is 5.11 Å². The van der Waals surface area contributed by atoms with E-state index < -0.39 is 22.0 Å². The number of rotatable bonds is 6. The maximum Gasteiger partial charge on any atom is 0.304 e. The molecule has 1 heterocycles. The van der Waals surface area contributed by atoms with Gasteiger partial charge in [-0.3, -0.25) is 4.79 Å². The number of hydrogen-bond donors (Lipinski definition) is 2. The molecule has 0 aliphatic heterocycles. The lowest BCUT2D eigenvalue weighted by atomic mass is 10.3. The Labute approximate surface area is 109 Å². The lowest BCUT2D eigenvalue weighted by Crippen LogP contribution is -2.34. The van der Waals surface area contributed by atoms with Crippen molar-refractivity contribution in [1.29, 1.82) is 5.26 Å². The fourth-order valence-electron chi connectivity index (χ4n) is 1.38. The molecule has 98 valence electrons. The van der Waals surface area contributed by atoms with Crippen LogP contribution < -0.4 is 4.72 Å². The van der Waals surface area contributed by atoms with Crippen molar-refractivity contribution in [2.24, 2.45) is 0 Å². The maximum atomic E-state index is 11.7. The van der Waals surface area contributed by atoms with Gasteiger partial charge in [0.05, 0.1) is 12.2 Å². The normalized spacial score (nSPS) is 12.9. The summed E-state index contributed by atoms with van der Waals surface area (Å²) < 4.78 is 25.7. The molecule has 0 amide bonds. The molecule has 0 aliphatic rings. The Morgan fingerprint density at radius 3 is 2.83 bits per heavy atom. The number of thiophene rings is 1. The Kier molecular flexibility index (Phi) is 4.84. The van der Waals surface area contributed by atoms with Crippen LogP contribution in [0.15, 0.2) is 11.4 Å². The molecule has 1 aromatic rings. The highest BCUT2D eigenvalue weighted by atomic mass is 32.2. The SMILES string of the molecule is C[C@H](CC(=O)O)NS(=O)(=O)Cc1csc(C#N)c1. The lowest BCUT2D eigenvalue weighted by Gasteiger charge is -2.11. The molecule has 0 saturated carbocycles. The van der Waals surface area contributed by atoms with E-state index in [4.69, 9.17) is 10.4 Å². The van der Waals surface area contributed by atoms with Crippen LogP contribution in [0.5, 0.6) is 0 Å². The highest BCUT2D eigenvalue weighted by molar-refractivity contribution is 7.88. The van der Waals surface area contributed by atoms with E-state index in [1.165, 1.54) is 24.3 Å². The molecular weight excluding hydrogens is 276 g/mol. The fraction of sp³-hybridized carbons (Fsp3) is 0.400. The summed E-state index contributed by atoms with van der Waals surface area (Å²) in [7, 11) is -3.59. The van der Waals surface area contributed by atoms with E-state index in [9.17, 15) is 13.2 Å². The van der Waals surface area contributed by atoms with Crippen LogP contribution in [-0.2, 0) is 20.6 Å². The van der Waals surface area contributed by atoms with Crippen molar-refractivity contribution in [2.75, 3.05) is 0 Å². The molecule has 0 aliphatic carbocycles. The molecule has 0 bridgehead atoms. The zero-order valence-corrected chi connectivity index (χ0v) is 11.2. The number of sulfonamides is 1. The summed E-state index contributed by atoms with van der Waals surface area (Å²) in [5.41, 5.74) is 0.520. The molecule has 8 heteroatoms. The first-order valence-electron chi connectivity index (χ1n) is 5.01. The number of aliphatic carboxylic acids is 1. The van der Waals surface area contributed by atoms with Crippen LogP contribution in [0.1, 0.15) is 23.8 Å². The minimum Gasteiger partial charge on any atom is -0.481 e. The van der Waals surface area contributed by atoms with E-state index in [1.54, 1.807) is 5.38 Å². The summed E-state index contributed by atoms with van der Waals surface area (Å²) in [5.74, 6) is -1.32. The molecule has 2 N–H and O–H groups in total. The van der Waals surface area contributed by atoms with E-state index in [0.29, 0.717) is 10.4 Å². The number of nitrogens with one attached hydrogen (secondary N) is 1. The van der Waals surface area contributed by atoms with Gasteiger partial charge in [0.25, 0.3) is 0 Å². The minimum atomic E-state index is -3.59. The summed E-state index contributed by atoms with van der Waals surface area (Å²) in [6.45, 7) is 1.49. The molecule has 18 heavy (non-hydrogen) atoms. The van der Waals surface area contributed by atoms with Crippen molar-refractivity contribution in [3.8, 4) is 6.07 Å². The summed E-state index contributed by atoms with van der Waals surface area (Å²) >= 11 is 1.17. The zero-order chi connectivity index (χ0) is 13.8. The van der Waals surface area contributed by atoms with Crippen molar-refractivity contribution in [1.82, 2.24) is 4.72 Å². The lowest BCUT2D eigenvalue weighted by molar-refractivity contribution is -0.137. The van der Waals surface area contributed by atoms with Gasteiger partial charge in [-0.2, -0.15) is 5.26 Å². The Hall–Kier alpha value is -1.43. The van der Waals surface area contributed by atoms with Crippen molar-refractivity contribution in [2.45, 2.75) is 25.1 Å². The molecule has 6 nitrogen and oxygen atoms in total. The van der Waals surface area contributed by atoms with Gasteiger partial charge in [-0.05, 0) is 23.9 Å². The third-order valence-corrected chi connectivity index (χ3v) is 4.34. The quantitative estimate of drug-likeness (QED) is 0.808. The average molecular weight is 288 g/mol. The van der Waals surface area contributed by atoms with E-state index >= 15 is 0 Å². The molecule has 0 spiro atoms. The van der Waals surface area contributed by atoms with Crippen LogP contribution in [0.3, 0.4) is 0 Å². The molecule has 1 atom stereocenters. The first-order valence-corrected chi connectivity index (χ1v) is 7.55. The molecular formula is C10H12N2O4S2. The van der Waals surface area contributed by atoms with Gasteiger partial charge in [-0.25, -0.2) is 13.1 Å². The van der Waals surface area contributed by atoms with Crippen LogP contribution in [0.2, 0.25) is 0 Å². The van der Waals surface area contributed by atoms with Crippen molar-refractivity contribution in [3.05, 3.63) is 21.9 Å². The first-order chi connectivity index (χ1) is 8.32. The van der Waals surface area contributed by atoms with Crippen molar-refractivity contribution < 1.29 is 18.3 Å². The second-order valence-electron chi connectivity index (χ2n) is 3.81. The predicted octanol–water partition coefficient (Wildman–Crippen LogP) is 0.902. The molecule has 1 aromatic heterocycles. The third-order valence-electron chi connectivity index (χ3n) is 1.98. The van der Waals surface area contributed by atoms with Crippen molar-refractivity contribution >= 4 is 27.3 Å². The standard InChI is InChI=1S/C10H12N2O4S2/c1-7(2-10(13)14)12-18(15,16)6-8-3-9(4-11)17-5-8/h3,5,7,12H,2,6H2,1H3,(H,13,14)/t7-/m1/s1. The largest absolute Gasteiger partial charge is 0.481 e. The summed E-state index contributed by atoms with van der Waals surface area (Å²) in [6.07, 6.45) is -0.272. The number of nitriles is 1. The van der Waals surface area contributed by atoms with Gasteiger partial charge in [-0.15, -0.1) is 11.3 Å². The third kappa shape index (κ3) is 4.83. The minimum absolute atomic E-state index is 0.255. The summed E-state index contributed by atoms with van der Waals surface area (Å²) in [6, 6.07) is 2.77. The topological polar surface area (TPSA) is 107 Å². The smallest absolute Gasteiger partial charge is 0.304 e. The number of carboxylic acids is 1. The molecule has 0 aromatic carbocycles. The van der Waals surface area contributed by atoms with Crippen LogP contribution in [-0.4, -0.2) is 25.5 Å². The van der Waals surface area contributed by atoms with Gasteiger partial charge in [0.2, 0.25) is 10.0 Å². The second kappa shape index (κ2) is 5.95. The van der Waals surface area contributed by atoms with Gasteiger partial charge in [0.15, 0.2) is 0 Å². The first kappa shape index (κ1) is 14.6. The highest BCUT2D eigenvalue weighted by Gasteiger charge is 2.17. The molecule has 0 unspecified atom stereocenters. The van der Waals surface area contributed by atoms with Crippen molar-refractivity contribution in [3.63, 3.8) is 0 Å². The Bertz CT molecular complexity index is 571. The summed E-state index contributed by atoms with van der Waals surface area (Å²) in [5, 5.41) is 18.8. The van der Waals surface area contributed by atoms with E-state index in [1.807, 2.05) is 6.07 Å². The predicted molar refractivity (Wildman–Crippen MR) is 66.5 cm³/mol. The molecule has 1 rings (SSSR count). The maximum absolute atomic E-state index is 11.7. The molecule has 0 fully saturated rings. The van der Waals surface area contributed by atoms with Crippen LogP contribution in [0.4, 0.5) is 0 Å². The van der Waals surface area contributed by atoms with Gasteiger partial charge >= 0.3 is 5.97 Å². The monoisotopic (exact) mass is 288 g/mol. The van der Waals surface area contributed by atoms with E-state index in [-0.39, 0.29) is 12.2 Å². The van der Waals surface area contributed by atoms with Crippen LogP contribution >= 0.6 is 11.3 Å². The van der Waals surface area contributed by atoms with E-state index in [0.717, 1.165) is 0 Å². The van der Waals surface area contributed by atoms with E-state index in [2.05, 4.69) is 4.72 Å². The fourth-order valence-corrected chi connectivity index (χ4v) is 3.57. The summed E-state index contributed by atoms with van der Waals surface area (Å²) in [4.78, 5) is 10.9. The molecule has 0 radical (unpaired) electrons. The Balaban J connectivity index is 2.65. The number of carbonyl (C=O) groups is 1.